The van der Waals surface area contributed by atoms with Crippen molar-refractivity contribution in [2.75, 3.05) is 44.8 Å². The summed E-state index contributed by atoms with van der Waals surface area (Å²) in [5.41, 5.74) is 0.508. The van der Waals surface area contributed by atoms with Gasteiger partial charge in [0.1, 0.15) is 17.6 Å². The van der Waals surface area contributed by atoms with Crippen molar-refractivity contribution < 1.29 is 33.5 Å². The number of carbonyl (C=O) groups is 1. The monoisotopic (exact) mass is 540 g/mol. The summed E-state index contributed by atoms with van der Waals surface area (Å²) in [6.45, 7) is 0.932. The van der Waals surface area contributed by atoms with Crippen LogP contribution in [0.25, 0.3) is 11.0 Å². The fraction of sp³-hybridized carbons (Fsp3) is 0.346. The molecule has 0 bridgehead atoms. The van der Waals surface area contributed by atoms with Crippen molar-refractivity contribution in [2.24, 2.45) is 0 Å². The van der Waals surface area contributed by atoms with E-state index in [1.807, 2.05) is 0 Å². The zero-order valence-electron chi connectivity index (χ0n) is 20.9. The Balaban J connectivity index is 1.42. The summed E-state index contributed by atoms with van der Waals surface area (Å²) in [4.78, 5) is 40.3. The fourth-order valence-corrected chi connectivity index (χ4v) is 3.94. The maximum atomic E-state index is 13.2. The van der Waals surface area contributed by atoms with Crippen LogP contribution in [-0.2, 0) is 19.0 Å². The van der Waals surface area contributed by atoms with Crippen LogP contribution in [0.5, 0.6) is 0 Å². The van der Waals surface area contributed by atoms with E-state index in [-0.39, 0.29) is 56.3 Å². The Morgan fingerprint density at radius 3 is 2.79 bits per heavy atom. The highest BCUT2D eigenvalue weighted by atomic mass is 16.7. The third kappa shape index (κ3) is 7.37. The van der Waals surface area contributed by atoms with Gasteiger partial charge in [-0.1, -0.05) is 12.1 Å². The standard InChI is InChI=1S/C26H28N4O9/c31-9-10-36-11-12-37-24-14-17(20-16-38-21-4-2-1-3-19(21)25(20)32)13-22(39-24)26(33)28-8-7-27-23-6-5-18(15-29-23)30(34)35/h1-6,13,15-17,24,31H,7-12,14H2,(H,27,29)(H,28,33). The van der Waals surface area contributed by atoms with Crippen LogP contribution in [0.1, 0.15) is 17.9 Å². The molecule has 206 valence electrons. The first-order valence-corrected chi connectivity index (χ1v) is 12.3. The quantitative estimate of drug-likeness (QED) is 0.164. The molecule has 2 aromatic heterocycles. The van der Waals surface area contributed by atoms with E-state index in [1.165, 1.54) is 18.4 Å². The molecule has 1 aliphatic heterocycles. The summed E-state index contributed by atoms with van der Waals surface area (Å²) < 4.78 is 22.4. The van der Waals surface area contributed by atoms with Gasteiger partial charge in [-0.2, -0.15) is 0 Å². The molecule has 2 unspecified atom stereocenters. The molecule has 2 atom stereocenters. The molecule has 0 radical (unpaired) electrons. The first-order chi connectivity index (χ1) is 19.0. The number of nitrogens with zero attached hydrogens (tertiary/aromatic N) is 2. The Kier molecular flexibility index (Phi) is 9.56. The summed E-state index contributed by atoms with van der Waals surface area (Å²) in [6, 6.07) is 9.71. The molecule has 1 amide bonds. The minimum Gasteiger partial charge on any atom is -0.464 e. The Morgan fingerprint density at radius 1 is 1.18 bits per heavy atom. The molecular weight excluding hydrogens is 512 g/mol. The molecule has 13 nitrogen and oxygen atoms in total. The van der Waals surface area contributed by atoms with Gasteiger partial charge in [-0.3, -0.25) is 19.7 Å². The lowest BCUT2D eigenvalue weighted by molar-refractivity contribution is -0.385. The molecule has 4 rings (SSSR count). The van der Waals surface area contributed by atoms with Gasteiger partial charge < -0.3 is 34.4 Å². The third-order valence-electron chi connectivity index (χ3n) is 5.83. The van der Waals surface area contributed by atoms with E-state index < -0.39 is 23.0 Å². The Bertz CT molecular complexity index is 1370. The Hall–Kier alpha value is -4.33. The van der Waals surface area contributed by atoms with Crippen LogP contribution in [0.2, 0.25) is 0 Å². The molecule has 3 heterocycles. The maximum Gasteiger partial charge on any atom is 0.287 e. The number of aliphatic hydroxyl groups excluding tert-OH is 1. The van der Waals surface area contributed by atoms with E-state index in [2.05, 4.69) is 15.6 Å². The van der Waals surface area contributed by atoms with Gasteiger partial charge in [-0.05, 0) is 24.3 Å². The van der Waals surface area contributed by atoms with Gasteiger partial charge >= 0.3 is 0 Å². The summed E-state index contributed by atoms with van der Waals surface area (Å²) >= 11 is 0. The lowest BCUT2D eigenvalue weighted by Gasteiger charge is -2.29. The largest absolute Gasteiger partial charge is 0.464 e. The molecule has 0 saturated carbocycles. The zero-order valence-corrected chi connectivity index (χ0v) is 20.9. The van der Waals surface area contributed by atoms with Crippen molar-refractivity contribution in [3.8, 4) is 0 Å². The first kappa shape index (κ1) is 27.7. The summed E-state index contributed by atoms with van der Waals surface area (Å²) in [7, 11) is 0. The molecule has 3 N–H and O–H groups in total. The highest BCUT2D eigenvalue weighted by Gasteiger charge is 2.30. The molecule has 0 aliphatic carbocycles. The summed E-state index contributed by atoms with van der Waals surface area (Å²) in [6.07, 6.45) is 3.55. The van der Waals surface area contributed by atoms with Crippen LogP contribution in [0, 0.1) is 10.1 Å². The zero-order chi connectivity index (χ0) is 27.6. The van der Waals surface area contributed by atoms with Crippen LogP contribution in [-0.4, -0.2) is 66.7 Å². The summed E-state index contributed by atoms with van der Waals surface area (Å²) in [5, 5.41) is 25.7. The van der Waals surface area contributed by atoms with Gasteiger partial charge in [0.2, 0.25) is 6.29 Å². The van der Waals surface area contributed by atoms with Gasteiger partial charge in [-0.15, -0.1) is 0 Å². The van der Waals surface area contributed by atoms with Crippen molar-refractivity contribution in [3.05, 3.63) is 86.6 Å². The average Bonchev–Trinajstić information content (AvgIpc) is 2.95. The lowest BCUT2D eigenvalue weighted by atomic mass is 9.93. The van der Waals surface area contributed by atoms with Crippen LogP contribution < -0.4 is 16.1 Å². The topological polar surface area (TPSA) is 175 Å². The second kappa shape index (κ2) is 13.5. The minimum atomic E-state index is -0.827. The van der Waals surface area contributed by atoms with Crippen molar-refractivity contribution >= 4 is 28.4 Å². The number of benzene rings is 1. The van der Waals surface area contributed by atoms with E-state index >= 15 is 0 Å². The van der Waals surface area contributed by atoms with Gasteiger partial charge in [0.15, 0.2) is 11.2 Å². The smallest absolute Gasteiger partial charge is 0.287 e. The third-order valence-corrected chi connectivity index (χ3v) is 5.83. The summed E-state index contributed by atoms with van der Waals surface area (Å²) in [5.74, 6) is -0.601. The predicted molar refractivity (Wildman–Crippen MR) is 139 cm³/mol. The number of hydrogen-bond donors (Lipinski definition) is 3. The normalized spacial score (nSPS) is 16.8. The van der Waals surface area contributed by atoms with E-state index in [0.29, 0.717) is 28.9 Å². The van der Waals surface area contributed by atoms with Gasteiger partial charge in [0.25, 0.3) is 11.6 Å². The number of carbonyl (C=O) groups excluding carboxylic acids is 1. The molecular formula is C26H28N4O9. The lowest BCUT2D eigenvalue weighted by Crippen LogP contribution is -2.36. The van der Waals surface area contributed by atoms with Gasteiger partial charge in [0.05, 0.1) is 43.0 Å². The van der Waals surface area contributed by atoms with Crippen molar-refractivity contribution in [1.29, 1.82) is 0 Å². The maximum absolute atomic E-state index is 13.2. The van der Waals surface area contributed by atoms with Crippen molar-refractivity contribution in [3.63, 3.8) is 0 Å². The molecule has 1 aromatic carbocycles. The van der Waals surface area contributed by atoms with Crippen molar-refractivity contribution in [1.82, 2.24) is 10.3 Å². The number of amides is 1. The average molecular weight is 541 g/mol. The highest BCUT2D eigenvalue weighted by Crippen LogP contribution is 2.31. The molecule has 13 heteroatoms. The number of fused-ring (bicyclic) bond motifs is 1. The highest BCUT2D eigenvalue weighted by molar-refractivity contribution is 5.91. The van der Waals surface area contributed by atoms with Crippen LogP contribution in [0.3, 0.4) is 0 Å². The van der Waals surface area contributed by atoms with E-state index in [4.69, 9.17) is 23.7 Å². The predicted octanol–water partition coefficient (Wildman–Crippen LogP) is 2.06. The number of allylic oxidation sites excluding steroid dienone is 1. The van der Waals surface area contributed by atoms with Gasteiger partial charge in [-0.25, -0.2) is 4.98 Å². The molecule has 39 heavy (non-hydrogen) atoms. The number of ether oxygens (including phenoxy) is 3. The van der Waals surface area contributed by atoms with Crippen LogP contribution >= 0.6 is 0 Å². The number of rotatable bonds is 13. The Labute approximate surface area is 222 Å². The number of aromatic nitrogens is 1. The number of hydrogen-bond acceptors (Lipinski definition) is 11. The van der Waals surface area contributed by atoms with E-state index in [0.717, 1.165) is 6.20 Å². The number of nitrogens with one attached hydrogen (secondary N) is 2. The van der Waals surface area contributed by atoms with Crippen LogP contribution in [0.15, 0.2) is 69.9 Å². The molecule has 0 saturated heterocycles. The second-order valence-corrected chi connectivity index (χ2v) is 8.49. The molecule has 3 aromatic rings. The molecule has 0 spiro atoms. The van der Waals surface area contributed by atoms with E-state index in [9.17, 15) is 19.7 Å². The number of anilines is 1. The SMILES string of the molecule is O=C(NCCNc1ccc([N+](=O)[O-])cn1)C1=CC(c2coc3ccccc3c2=O)CC(OCCOCCO)O1. The first-order valence-electron chi connectivity index (χ1n) is 12.3. The number of aliphatic hydroxyl groups is 1. The Morgan fingerprint density at radius 2 is 2.03 bits per heavy atom. The van der Waals surface area contributed by atoms with E-state index in [1.54, 1.807) is 30.3 Å². The number of para-hydroxylation sites is 1. The molecule has 1 aliphatic rings. The van der Waals surface area contributed by atoms with Crippen molar-refractivity contribution in [2.45, 2.75) is 18.6 Å². The van der Waals surface area contributed by atoms with Gasteiger partial charge in [0, 0.05) is 37.1 Å². The molecule has 0 fully saturated rings. The fourth-order valence-electron chi connectivity index (χ4n) is 3.94. The number of nitro groups is 1. The second-order valence-electron chi connectivity index (χ2n) is 8.49. The van der Waals surface area contributed by atoms with Crippen LogP contribution in [0.4, 0.5) is 11.5 Å². The minimum absolute atomic E-state index is 0.00598. The number of pyridine rings is 1.